The summed E-state index contributed by atoms with van der Waals surface area (Å²) in [5.74, 6) is 2.83. The van der Waals surface area contributed by atoms with Gasteiger partial charge in [-0.3, -0.25) is 0 Å². The molecule has 7 heteroatoms. The third kappa shape index (κ3) is 4.03. The van der Waals surface area contributed by atoms with Gasteiger partial charge in [0.05, 0.1) is 6.61 Å². The zero-order chi connectivity index (χ0) is 19.3. The van der Waals surface area contributed by atoms with Gasteiger partial charge in [0.25, 0.3) is 5.89 Å². The molecule has 0 amide bonds. The fourth-order valence-electron chi connectivity index (χ4n) is 2.56. The molecule has 0 bridgehead atoms. The maximum absolute atomic E-state index is 13.0. The highest BCUT2D eigenvalue weighted by Gasteiger charge is 2.14. The molecule has 28 heavy (non-hydrogen) atoms. The summed E-state index contributed by atoms with van der Waals surface area (Å²) in [5.41, 5.74) is 0.655. The number of ether oxygens (including phenoxy) is 2. The zero-order valence-corrected chi connectivity index (χ0v) is 15.1. The van der Waals surface area contributed by atoms with Gasteiger partial charge in [0.15, 0.2) is 5.76 Å². The first kappa shape index (κ1) is 17.8. The molecule has 0 aliphatic carbocycles. The molecule has 0 radical (unpaired) electrons. The van der Waals surface area contributed by atoms with Gasteiger partial charge >= 0.3 is 0 Å². The van der Waals surface area contributed by atoms with Gasteiger partial charge in [0.1, 0.15) is 29.7 Å². The van der Waals surface area contributed by atoms with Gasteiger partial charge in [-0.25, -0.2) is 4.39 Å². The van der Waals surface area contributed by atoms with Crippen LogP contribution < -0.4 is 9.47 Å². The van der Waals surface area contributed by atoms with Crippen molar-refractivity contribution < 1.29 is 22.8 Å². The summed E-state index contributed by atoms with van der Waals surface area (Å²) in [7, 11) is 0. The number of hydrogen-bond donors (Lipinski definition) is 0. The summed E-state index contributed by atoms with van der Waals surface area (Å²) in [6, 6.07) is 16.7. The van der Waals surface area contributed by atoms with E-state index in [0.717, 1.165) is 5.75 Å². The minimum absolute atomic E-state index is 0.242. The van der Waals surface area contributed by atoms with Crippen molar-refractivity contribution in [3.63, 3.8) is 0 Å². The Morgan fingerprint density at radius 1 is 0.893 bits per heavy atom. The van der Waals surface area contributed by atoms with Crippen LogP contribution >= 0.6 is 0 Å². The summed E-state index contributed by atoms with van der Waals surface area (Å²) in [6.07, 6.45) is 0. The summed E-state index contributed by atoms with van der Waals surface area (Å²) < 4.78 is 35.1. The van der Waals surface area contributed by atoms with Crippen molar-refractivity contribution in [2.24, 2.45) is 0 Å². The zero-order valence-electron chi connectivity index (χ0n) is 15.1. The molecule has 0 N–H and O–H groups in total. The maximum Gasteiger partial charge on any atom is 0.293 e. The first-order valence-electron chi connectivity index (χ1n) is 8.75. The fourth-order valence-corrected chi connectivity index (χ4v) is 2.56. The van der Waals surface area contributed by atoms with Gasteiger partial charge in [-0.1, -0.05) is 5.16 Å². The number of hydrogen-bond acceptors (Lipinski definition) is 6. The van der Waals surface area contributed by atoms with Crippen molar-refractivity contribution in [3.05, 3.63) is 72.2 Å². The van der Waals surface area contributed by atoms with Crippen molar-refractivity contribution in [3.8, 4) is 34.5 Å². The molecule has 2 aromatic heterocycles. The van der Waals surface area contributed by atoms with Gasteiger partial charge in [-0.15, -0.1) is 0 Å². The van der Waals surface area contributed by atoms with E-state index in [0.29, 0.717) is 35.3 Å². The molecule has 0 saturated carbocycles. The Balaban J connectivity index is 1.41. The fraction of sp³-hybridized carbons (Fsp3) is 0.143. The van der Waals surface area contributed by atoms with E-state index in [9.17, 15) is 4.39 Å². The van der Waals surface area contributed by atoms with Gasteiger partial charge in [0, 0.05) is 5.56 Å². The van der Waals surface area contributed by atoms with Crippen molar-refractivity contribution in [1.29, 1.82) is 0 Å². The summed E-state index contributed by atoms with van der Waals surface area (Å²) >= 11 is 0. The molecule has 2 heterocycles. The van der Waals surface area contributed by atoms with Crippen LogP contribution in [0.3, 0.4) is 0 Å². The normalized spacial score (nSPS) is 10.8. The molecule has 0 saturated heterocycles. The van der Waals surface area contributed by atoms with Gasteiger partial charge in [-0.05, 0) is 67.6 Å². The second kappa shape index (κ2) is 7.96. The lowest BCUT2D eigenvalue weighted by atomic mass is 10.2. The predicted molar refractivity (Wildman–Crippen MR) is 99.3 cm³/mol. The number of aromatic nitrogens is 2. The Morgan fingerprint density at radius 2 is 1.61 bits per heavy atom. The summed E-state index contributed by atoms with van der Waals surface area (Å²) in [6.45, 7) is 2.81. The molecule has 0 fully saturated rings. The van der Waals surface area contributed by atoms with Gasteiger partial charge < -0.3 is 18.4 Å². The monoisotopic (exact) mass is 380 g/mol. The van der Waals surface area contributed by atoms with E-state index in [2.05, 4.69) is 10.1 Å². The molecule has 0 spiro atoms. The number of halogens is 1. The van der Waals surface area contributed by atoms with Crippen LogP contribution in [0, 0.1) is 5.82 Å². The molecule has 2 aromatic carbocycles. The molecule has 142 valence electrons. The van der Waals surface area contributed by atoms with Gasteiger partial charge in [0.2, 0.25) is 5.82 Å². The van der Waals surface area contributed by atoms with E-state index < -0.39 is 0 Å². The Bertz CT molecular complexity index is 1040. The smallest absolute Gasteiger partial charge is 0.293 e. The van der Waals surface area contributed by atoms with E-state index in [1.165, 1.54) is 12.1 Å². The Morgan fingerprint density at radius 3 is 2.32 bits per heavy atom. The maximum atomic E-state index is 13.0. The van der Waals surface area contributed by atoms with Crippen LogP contribution in [0.25, 0.3) is 23.0 Å². The Kier molecular flexibility index (Phi) is 5.05. The minimum atomic E-state index is -0.323. The topological polar surface area (TPSA) is 70.5 Å². The quantitative estimate of drug-likeness (QED) is 0.443. The molecule has 0 aliphatic rings. The van der Waals surface area contributed by atoms with Crippen LogP contribution in [-0.2, 0) is 6.61 Å². The van der Waals surface area contributed by atoms with E-state index >= 15 is 0 Å². The highest BCUT2D eigenvalue weighted by Crippen LogP contribution is 2.25. The Hall–Kier alpha value is -3.61. The lowest BCUT2D eigenvalue weighted by Crippen LogP contribution is -1.94. The summed E-state index contributed by atoms with van der Waals surface area (Å²) in [4.78, 5) is 4.29. The molecule has 4 aromatic rings. The molecule has 0 atom stereocenters. The van der Waals surface area contributed by atoms with Crippen molar-refractivity contribution in [1.82, 2.24) is 10.1 Å². The highest BCUT2D eigenvalue weighted by atomic mass is 19.1. The standard InChI is InChI=1S/C21H17FN2O4/c1-2-25-16-7-9-17(10-8-16)26-13-18-11-12-19(27-18)21-23-20(24-28-21)14-3-5-15(22)6-4-14/h3-12H,2,13H2,1H3. The first-order valence-corrected chi connectivity index (χ1v) is 8.75. The first-order chi connectivity index (χ1) is 13.7. The second-order valence-electron chi connectivity index (χ2n) is 5.89. The minimum Gasteiger partial charge on any atom is -0.494 e. The number of nitrogens with zero attached hydrogens (tertiary/aromatic N) is 2. The largest absolute Gasteiger partial charge is 0.494 e. The van der Waals surface area contributed by atoms with Crippen LogP contribution in [-0.4, -0.2) is 16.7 Å². The summed E-state index contributed by atoms with van der Waals surface area (Å²) in [5, 5.41) is 3.91. The SMILES string of the molecule is CCOc1ccc(OCc2ccc(-c3nc(-c4ccc(F)cc4)no3)o2)cc1. The molecule has 6 nitrogen and oxygen atoms in total. The Labute approximate surface area is 160 Å². The third-order valence-corrected chi connectivity index (χ3v) is 3.92. The van der Waals surface area contributed by atoms with Gasteiger partial charge in [-0.2, -0.15) is 4.98 Å². The van der Waals surface area contributed by atoms with Crippen LogP contribution in [0.5, 0.6) is 11.5 Å². The number of rotatable bonds is 7. The van der Waals surface area contributed by atoms with Crippen molar-refractivity contribution >= 4 is 0 Å². The average molecular weight is 380 g/mol. The lowest BCUT2D eigenvalue weighted by molar-refractivity contribution is 0.269. The molecular weight excluding hydrogens is 363 g/mol. The van der Waals surface area contributed by atoms with Crippen LogP contribution in [0.2, 0.25) is 0 Å². The molecule has 4 rings (SSSR count). The second-order valence-corrected chi connectivity index (χ2v) is 5.89. The third-order valence-electron chi connectivity index (χ3n) is 3.92. The van der Waals surface area contributed by atoms with Crippen LogP contribution in [0.15, 0.2) is 69.6 Å². The lowest BCUT2D eigenvalue weighted by Gasteiger charge is -2.06. The van der Waals surface area contributed by atoms with E-state index in [1.807, 2.05) is 31.2 Å². The van der Waals surface area contributed by atoms with Crippen molar-refractivity contribution in [2.75, 3.05) is 6.61 Å². The number of benzene rings is 2. The number of furan rings is 1. The predicted octanol–water partition coefficient (Wildman–Crippen LogP) is 5.11. The highest BCUT2D eigenvalue weighted by molar-refractivity contribution is 5.57. The molecule has 0 unspecified atom stereocenters. The van der Waals surface area contributed by atoms with E-state index in [-0.39, 0.29) is 18.3 Å². The van der Waals surface area contributed by atoms with E-state index in [1.54, 1.807) is 24.3 Å². The van der Waals surface area contributed by atoms with Crippen LogP contribution in [0.1, 0.15) is 12.7 Å². The van der Waals surface area contributed by atoms with E-state index in [4.69, 9.17) is 18.4 Å². The molecule has 0 aliphatic heterocycles. The van der Waals surface area contributed by atoms with Crippen LogP contribution in [0.4, 0.5) is 4.39 Å². The molecular formula is C21H17FN2O4. The van der Waals surface area contributed by atoms with Crippen molar-refractivity contribution in [2.45, 2.75) is 13.5 Å². The average Bonchev–Trinajstić information content (AvgIpc) is 3.38.